The van der Waals surface area contributed by atoms with Gasteiger partial charge in [0.15, 0.2) is 0 Å². The average Bonchev–Trinajstić information content (AvgIpc) is 2.42. The number of hydrogen-bond acceptors (Lipinski definition) is 1. The summed E-state index contributed by atoms with van der Waals surface area (Å²) in [6.45, 7) is 2.10. The molecule has 0 saturated heterocycles. The monoisotopic (exact) mass is 184 g/mol. The molecule has 66 valence electrons. The lowest BCUT2D eigenvalue weighted by atomic mass is 10.2. The van der Waals surface area contributed by atoms with Gasteiger partial charge in [-0.05, 0) is 6.42 Å². The highest BCUT2D eigenvalue weighted by molar-refractivity contribution is 6.19. The van der Waals surface area contributed by atoms with Gasteiger partial charge in [0.25, 0.3) is 0 Å². The molecule has 1 heterocycles. The van der Waals surface area contributed by atoms with Crippen molar-refractivity contribution >= 4 is 17.7 Å². The molecule has 0 radical (unpaired) electrons. The van der Waals surface area contributed by atoms with Crippen LogP contribution in [-0.2, 0) is 13.5 Å². The van der Waals surface area contributed by atoms with E-state index in [9.17, 15) is 0 Å². The quantitative estimate of drug-likeness (QED) is 0.659. The Morgan fingerprint density at radius 3 is 3.00 bits per heavy atom. The highest BCUT2D eigenvalue weighted by atomic mass is 35.5. The van der Waals surface area contributed by atoms with Crippen LogP contribution in [0.5, 0.6) is 0 Å². The molecular formula is C9H13ClN2. The van der Waals surface area contributed by atoms with Gasteiger partial charge in [0.1, 0.15) is 0 Å². The van der Waals surface area contributed by atoms with Crippen molar-refractivity contribution in [3.8, 4) is 0 Å². The van der Waals surface area contributed by atoms with Crippen LogP contribution in [-0.4, -0.2) is 15.7 Å². The van der Waals surface area contributed by atoms with Gasteiger partial charge in [0, 0.05) is 24.7 Å². The van der Waals surface area contributed by atoms with Gasteiger partial charge in [-0.2, -0.15) is 5.10 Å². The molecular weight excluding hydrogens is 172 g/mol. The van der Waals surface area contributed by atoms with Gasteiger partial charge in [-0.15, -0.1) is 11.6 Å². The predicted molar refractivity (Wildman–Crippen MR) is 52.3 cm³/mol. The van der Waals surface area contributed by atoms with Crippen molar-refractivity contribution in [2.24, 2.45) is 7.05 Å². The second-order valence-corrected chi connectivity index (χ2v) is 2.92. The molecule has 0 aliphatic heterocycles. The third kappa shape index (κ3) is 2.11. The van der Waals surface area contributed by atoms with Crippen molar-refractivity contribution < 1.29 is 0 Å². The zero-order valence-corrected chi connectivity index (χ0v) is 8.17. The Hall–Kier alpha value is -0.760. The fraction of sp³-hybridized carbons (Fsp3) is 0.444. The van der Waals surface area contributed by atoms with E-state index in [1.165, 1.54) is 5.56 Å². The van der Waals surface area contributed by atoms with Crippen molar-refractivity contribution in [3.05, 3.63) is 23.5 Å². The fourth-order valence-electron chi connectivity index (χ4n) is 1.14. The van der Waals surface area contributed by atoms with Crippen LogP contribution < -0.4 is 0 Å². The molecule has 0 N–H and O–H groups in total. The minimum absolute atomic E-state index is 0.554. The highest BCUT2D eigenvalue weighted by Crippen LogP contribution is 2.08. The van der Waals surface area contributed by atoms with Gasteiger partial charge >= 0.3 is 0 Å². The first kappa shape index (κ1) is 9.33. The maximum atomic E-state index is 5.54. The van der Waals surface area contributed by atoms with Crippen molar-refractivity contribution in [3.63, 3.8) is 0 Å². The van der Waals surface area contributed by atoms with Crippen LogP contribution in [0.2, 0.25) is 0 Å². The SMILES string of the molecule is CCc1nn(C)cc1/C=C/CCl. The molecule has 1 rings (SSSR count). The molecule has 0 fully saturated rings. The van der Waals surface area contributed by atoms with E-state index < -0.39 is 0 Å². The summed E-state index contributed by atoms with van der Waals surface area (Å²) in [6, 6.07) is 0. The molecule has 0 saturated carbocycles. The van der Waals surface area contributed by atoms with Gasteiger partial charge in [-0.1, -0.05) is 19.1 Å². The van der Waals surface area contributed by atoms with Gasteiger partial charge in [-0.3, -0.25) is 4.68 Å². The first-order chi connectivity index (χ1) is 5.77. The first-order valence-corrected chi connectivity index (χ1v) is 4.56. The van der Waals surface area contributed by atoms with Crippen LogP contribution >= 0.6 is 11.6 Å². The molecule has 1 aromatic heterocycles. The van der Waals surface area contributed by atoms with Crippen molar-refractivity contribution in [1.29, 1.82) is 0 Å². The third-order valence-electron chi connectivity index (χ3n) is 1.66. The fourth-order valence-corrected chi connectivity index (χ4v) is 1.23. The molecule has 0 unspecified atom stereocenters. The molecule has 0 amide bonds. The van der Waals surface area contributed by atoms with Crippen LogP contribution in [0.1, 0.15) is 18.2 Å². The molecule has 0 aromatic carbocycles. The number of hydrogen-bond donors (Lipinski definition) is 0. The Bertz CT molecular complexity index is 276. The van der Waals surface area contributed by atoms with Crippen molar-refractivity contribution in [2.45, 2.75) is 13.3 Å². The van der Waals surface area contributed by atoms with Crippen LogP contribution in [0.15, 0.2) is 12.3 Å². The van der Waals surface area contributed by atoms with Crippen molar-refractivity contribution in [2.75, 3.05) is 5.88 Å². The molecule has 12 heavy (non-hydrogen) atoms. The van der Waals surface area contributed by atoms with E-state index in [4.69, 9.17) is 11.6 Å². The van der Waals surface area contributed by atoms with E-state index >= 15 is 0 Å². The lowest BCUT2D eigenvalue weighted by Crippen LogP contribution is -1.88. The van der Waals surface area contributed by atoms with Gasteiger partial charge in [0.2, 0.25) is 0 Å². The summed E-state index contributed by atoms with van der Waals surface area (Å²) >= 11 is 5.54. The maximum Gasteiger partial charge on any atom is 0.0693 e. The minimum Gasteiger partial charge on any atom is -0.275 e. The number of nitrogens with zero attached hydrogens (tertiary/aromatic N) is 2. The Balaban J connectivity index is 2.89. The largest absolute Gasteiger partial charge is 0.275 e. The molecule has 3 heteroatoms. The lowest BCUT2D eigenvalue weighted by molar-refractivity contribution is 0.746. The molecule has 1 aromatic rings. The van der Waals surface area contributed by atoms with E-state index in [1.807, 2.05) is 30.1 Å². The van der Waals surface area contributed by atoms with Gasteiger partial charge in [0.05, 0.1) is 5.69 Å². The summed E-state index contributed by atoms with van der Waals surface area (Å²) in [6.07, 6.45) is 6.90. The summed E-state index contributed by atoms with van der Waals surface area (Å²) in [5.74, 6) is 0.554. The smallest absolute Gasteiger partial charge is 0.0693 e. The summed E-state index contributed by atoms with van der Waals surface area (Å²) < 4.78 is 1.83. The van der Waals surface area contributed by atoms with Crippen LogP contribution in [0.3, 0.4) is 0 Å². The van der Waals surface area contributed by atoms with Crippen LogP contribution in [0.4, 0.5) is 0 Å². The zero-order valence-electron chi connectivity index (χ0n) is 7.42. The van der Waals surface area contributed by atoms with E-state index in [0.29, 0.717) is 5.88 Å². The molecule has 0 aliphatic carbocycles. The number of aryl methyl sites for hydroxylation is 2. The minimum atomic E-state index is 0.554. The Kier molecular flexibility index (Phi) is 3.35. The Morgan fingerprint density at radius 2 is 2.42 bits per heavy atom. The van der Waals surface area contributed by atoms with Gasteiger partial charge in [-0.25, -0.2) is 0 Å². The molecule has 0 atom stereocenters. The highest BCUT2D eigenvalue weighted by Gasteiger charge is 2.00. The topological polar surface area (TPSA) is 17.8 Å². The summed E-state index contributed by atoms with van der Waals surface area (Å²) in [5.41, 5.74) is 2.29. The normalized spacial score (nSPS) is 11.2. The Morgan fingerprint density at radius 1 is 1.67 bits per heavy atom. The number of alkyl halides is 1. The van der Waals surface area contributed by atoms with E-state index in [-0.39, 0.29) is 0 Å². The Labute approximate surface area is 77.8 Å². The van der Waals surface area contributed by atoms with E-state index in [2.05, 4.69) is 12.0 Å². The van der Waals surface area contributed by atoms with Gasteiger partial charge < -0.3 is 0 Å². The first-order valence-electron chi connectivity index (χ1n) is 4.03. The van der Waals surface area contributed by atoms with Crippen molar-refractivity contribution in [1.82, 2.24) is 9.78 Å². The second kappa shape index (κ2) is 4.31. The maximum absolute atomic E-state index is 5.54. The standard InChI is InChI=1S/C9H13ClN2/c1-3-9-8(5-4-6-10)7-12(2)11-9/h4-5,7H,3,6H2,1-2H3/b5-4+. The summed E-state index contributed by atoms with van der Waals surface area (Å²) in [5, 5.41) is 4.30. The number of rotatable bonds is 3. The van der Waals surface area contributed by atoms with Crippen LogP contribution in [0, 0.1) is 0 Å². The number of halogens is 1. The third-order valence-corrected chi connectivity index (χ3v) is 1.84. The second-order valence-electron chi connectivity index (χ2n) is 2.62. The molecule has 0 spiro atoms. The van der Waals surface area contributed by atoms with Crippen LogP contribution in [0.25, 0.3) is 6.08 Å². The van der Waals surface area contributed by atoms with E-state index in [0.717, 1.165) is 12.1 Å². The summed E-state index contributed by atoms with van der Waals surface area (Å²) in [7, 11) is 1.93. The molecule has 0 aliphatic rings. The summed E-state index contributed by atoms with van der Waals surface area (Å²) in [4.78, 5) is 0. The number of aromatic nitrogens is 2. The average molecular weight is 185 g/mol. The lowest BCUT2D eigenvalue weighted by Gasteiger charge is -1.89. The van der Waals surface area contributed by atoms with E-state index in [1.54, 1.807) is 0 Å². The zero-order chi connectivity index (χ0) is 8.97. The molecule has 0 bridgehead atoms. The molecule has 2 nitrogen and oxygen atoms in total. The predicted octanol–water partition coefficient (Wildman–Crippen LogP) is 2.23. The number of allylic oxidation sites excluding steroid dienone is 1.